The number of para-hydroxylation sites is 1. The van der Waals surface area contributed by atoms with Crippen LogP contribution in [0.15, 0.2) is 48.5 Å². The summed E-state index contributed by atoms with van der Waals surface area (Å²) in [5.74, 6) is 0.502. The Labute approximate surface area is 140 Å². The first kappa shape index (κ1) is 14.8. The topological polar surface area (TPSA) is 58.6 Å². The first-order chi connectivity index (χ1) is 11.6. The number of carbonyl (C=O) groups excluding carboxylic acids is 2. The van der Waals surface area contributed by atoms with E-state index in [-0.39, 0.29) is 11.8 Å². The molecule has 1 fully saturated rings. The van der Waals surface area contributed by atoms with Gasteiger partial charge < -0.3 is 15.0 Å². The smallest absolute Gasteiger partial charge is 0.254 e. The number of carbonyl (C=O) groups is 2. The fourth-order valence-electron chi connectivity index (χ4n) is 3.53. The van der Waals surface area contributed by atoms with E-state index in [2.05, 4.69) is 5.32 Å². The minimum absolute atomic E-state index is 0.0886. The predicted octanol–water partition coefficient (Wildman–Crippen LogP) is 2.47. The molecule has 2 aliphatic rings. The van der Waals surface area contributed by atoms with Gasteiger partial charge in [-0.2, -0.15) is 0 Å². The van der Waals surface area contributed by atoms with Gasteiger partial charge in [-0.1, -0.05) is 18.2 Å². The summed E-state index contributed by atoms with van der Waals surface area (Å²) in [7, 11) is 1.59. The summed E-state index contributed by atoms with van der Waals surface area (Å²) in [6.45, 7) is 0.598. The number of nitrogens with one attached hydrogen (secondary N) is 1. The predicted molar refractivity (Wildman–Crippen MR) is 90.2 cm³/mol. The molecular weight excluding hydrogens is 304 g/mol. The zero-order valence-electron chi connectivity index (χ0n) is 13.4. The number of fused-ring (bicyclic) bond motifs is 1. The van der Waals surface area contributed by atoms with Crippen LogP contribution < -0.4 is 10.1 Å². The maximum atomic E-state index is 12.9. The molecule has 0 aliphatic carbocycles. The van der Waals surface area contributed by atoms with E-state index in [1.807, 2.05) is 24.3 Å². The van der Waals surface area contributed by atoms with Crippen LogP contribution >= 0.6 is 0 Å². The normalized spacial score (nSPS) is 21.7. The molecule has 2 aliphatic heterocycles. The second-order valence-corrected chi connectivity index (χ2v) is 6.25. The molecule has 24 heavy (non-hydrogen) atoms. The van der Waals surface area contributed by atoms with E-state index in [0.717, 1.165) is 11.3 Å². The molecule has 1 saturated heterocycles. The van der Waals surface area contributed by atoms with Crippen LogP contribution in [-0.2, 0) is 11.2 Å². The Morgan fingerprint density at radius 3 is 2.58 bits per heavy atom. The third-order valence-electron chi connectivity index (χ3n) is 5.02. The number of ether oxygens (including phenoxy) is 1. The number of anilines is 1. The summed E-state index contributed by atoms with van der Waals surface area (Å²) >= 11 is 0. The zero-order chi connectivity index (χ0) is 16.7. The van der Waals surface area contributed by atoms with Crippen molar-refractivity contribution in [2.75, 3.05) is 19.0 Å². The SMILES string of the molecule is COc1ccc(C(=O)N2CCC23Cc2ccccc2NC3=O)cc1. The quantitative estimate of drug-likeness (QED) is 0.924. The molecule has 0 radical (unpaired) electrons. The highest BCUT2D eigenvalue weighted by molar-refractivity contribution is 6.07. The summed E-state index contributed by atoms with van der Waals surface area (Å²) in [5.41, 5.74) is 1.73. The average molecular weight is 322 g/mol. The van der Waals surface area contributed by atoms with E-state index >= 15 is 0 Å². The average Bonchev–Trinajstić information content (AvgIpc) is 2.60. The molecule has 0 aromatic heterocycles. The van der Waals surface area contributed by atoms with Crippen LogP contribution in [0.25, 0.3) is 0 Å². The summed E-state index contributed by atoms with van der Waals surface area (Å²) in [6.07, 6.45) is 1.26. The Bertz CT molecular complexity index is 816. The second-order valence-electron chi connectivity index (χ2n) is 6.25. The molecule has 1 spiro atoms. The Balaban J connectivity index is 1.63. The van der Waals surface area contributed by atoms with Gasteiger partial charge >= 0.3 is 0 Å². The van der Waals surface area contributed by atoms with Gasteiger partial charge in [0.1, 0.15) is 11.3 Å². The molecule has 4 rings (SSSR count). The van der Waals surface area contributed by atoms with E-state index in [0.29, 0.717) is 30.7 Å². The third-order valence-corrected chi connectivity index (χ3v) is 5.02. The van der Waals surface area contributed by atoms with Crippen LogP contribution in [-0.4, -0.2) is 35.9 Å². The number of nitrogens with zero attached hydrogens (tertiary/aromatic N) is 1. The number of rotatable bonds is 2. The highest BCUT2D eigenvalue weighted by Crippen LogP contribution is 2.41. The van der Waals surface area contributed by atoms with Gasteiger partial charge in [-0.25, -0.2) is 0 Å². The van der Waals surface area contributed by atoms with E-state index < -0.39 is 5.54 Å². The largest absolute Gasteiger partial charge is 0.497 e. The van der Waals surface area contributed by atoms with E-state index in [1.165, 1.54) is 0 Å². The Morgan fingerprint density at radius 2 is 1.92 bits per heavy atom. The molecule has 1 atom stereocenters. The van der Waals surface area contributed by atoms with Gasteiger partial charge in [0.25, 0.3) is 11.8 Å². The number of benzene rings is 2. The Kier molecular flexibility index (Phi) is 3.30. The molecule has 2 amide bonds. The molecule has 1 N–H and O–H groups in total. The van der Waals surface area contributed by atoms with Crippen LogP contribution in [0.1, 0.15) is 22.3 Å². The number of hydrogen-bond donors (Lipinski definition) is 1. The van der Waals surface area contributed by atoms with Gasteiger partial charge in [-0.05, 0) is 42.3 Å². The lowest BCUT2D eigenvalue weighted by molar-refractivity contribution is -0.134. The van der Waals surface area contributed by atoms with Crippen LogP contribution in [0.5, 0.6) is 5.75 Å². The molecule has 0 saturated carbocycles. The van der Waals surface area contributed by atoms with Crippen molar-refractivity contribution in [2.24, 2.45) is 0 Å². The molecule has 0 bridgehead atoms. The maximum absolute atomic E-state index is 12.9. The van der Waals surface area contributed by atoms with Crippen LogP contribution in [0.2, 0.25) is 0 Å². The monoisotopic (exact) mass is 322 g/mol. The van der Waals surface area contributed by atoms with Gasteiger partial charge in [0.2, 0.25) is 0 Å². The summed E-state index contributed by atoms with van der Waals surface area (Å²) in [4.78, 5) is 27.2. The van der Waals surface area contributed by atoms with Gasteiger partial charge in [0.05, 0.1) is 7.11 Å². The highest BCUT2D eigenvalue weighted by atomic mass is 16.5. The van der Waals surface area contributed by atoms with Crippen molar-refractivity contribution < 1.29 is 14.3 Å². The van der Waals surface area contributed by atoms with E-state index in [4.69, 9.17) is 4.74 Å². The van der Waals surface area contributed by atoms with Gasteiger partial charge in [0, 0.05) is 24.2 Å². The summed E-state index contributed by atoms with van der Waals surface area (Å²) in [6, 6.07) is 14.8. The minimum atomic E-state index is -0.759. The molecule has 5 nitrogen and oxygen atoms in total. The maximum Gasteiger partial charge on any atom is 0.254 e. The van der Waals surface area contributed by atoms with E-state index in [9.17, 15) is 9.59 Å². The molecule has 1 unspecified atom stereocenters. The lowest BCUT2D eigenvalue weighted by Gasteiger charge is -2.53. The van der Waals surface area contributed by atoms with Crippen LogP contribution in [0.3, 0.4) is 0 Å². The van der Waals surface area contributed by atoms with Crippen LogP contribution in [0.4, 0.5) is 5.69 Å². The first-order valence-corrected chi connectivity index (χ1v) is 7.99. The third kappa shape index (κ3) is 2.08. The van der Waals surface area contributed by atoms with Crippen molar-refractivity contribution in [2.45, 2.75) is 18.4 Å². The molecule has 2 aromatic rings. The van der Waals surface area contributed by atoms with Gasteiger partial charge in [0.15, 0.2) is 0 Å². The van der Waals surface area contributed by atoms with Gasteiger partial charge in [-0.3, -0.25) is 9.59 Å². The van der Waals surface area contributed by atoms with Crippen molar-refractivity contribution >= 4 is 17.5 Å². The number of methoxy groups -OCH3 is 1. The summed E-state index contributed by atoms with van der Waals surface area (Å²) < 4.78 is 5.13. The zero-order valence-corrected chi connectivity index (χ0v) is 13.4. The van der Waals surface area contributed by atoms with Crippen molar-refractivity contribution in [3.63, 3.8) is 0 Å². The fourth-order valence-corrected chi connectivity index (χ4v) is 3.53. The second kappa shape index (κ2) is 5.37. The van der Waals surface area contributed by atoms with Crippen molar-refractivity contribution in [3.8, 4) is 5.75 Å². The van der Waals surface area contributed by atoms with Crippen molar-refractivity contribution in [1.82, 2.24) is 4.90 Å². The minimum Gasteiger partial charge on any atom is -0.497 e. The standard InChI is InChI=1S/C19H18N2O3/c1-24-15-8-6-13(7-9-15)17(22)21-11-10-19(21)12-14-4-2-3-5-16(14)20-18(19)23/h2-9H,10-12H2,1H3,(H,20,23). The van der Waals surface area contributed by atoms with Gasteiger partial charge in [-0.15, -0.1) is 0 Å². The first-order valence-electron chi connectivity index (χ1n) is 7.99. The van der Waals surface area contributed by atoms with Crippen molar-refractivity contribution in [3.05, 3.63) is 59.7 Å². The molecule has 5 heteroatoms. The number of hydrogen-bond acceptors (Lipinski definition) is 3. The highest BCUT2D eigenvalue weighted by Gasteiger charge is 2.55. The fraction of sp³-hybridized carbons (Fsp3) is 0.263. The lowest BCUT2D eigenvalue weighted by atomic mass is 9.75. The molecular formula is C19H18N2O3. The summed E-state index contributed by atoms with van der Waals surface area (Å²) in [5, 5.41) is 2.95. The van der Waals surface area contributed by atoms with E-state index in [1.54, 1.807) is 36.3 Å². The molecule has 2 heterocycles. The lowest BCUT2D eigenvalue weighted by Crippen LogP contribution is -2.70. The number of likely N-dealkylation sites (tertiary alicyclic amines) is 1. The molecule has 2 aromatic carbocycles. The Morgan fingerprint density at radius 1 is 1.17 bits per heavy atom. The van der Waals surface area contributed by atoms with Crippen LogP contribution in [0, 0.1) is 0 Å². The molecule has 122 valence electrons. The Hall–Kier alpha value is -2.82. The number of amides is 2. The van der Waals surface area contributed by atoms with Crippen molar-refractivity contribution in [1.29, 1.82) is 0 Å².